The number of benzene rings is 2. The molecule has 0 fully saturated rings. The van der Waals surface area contributed by atoms with Gasteiger partial charge in [-0.2, -0.15) is 8.78 Å². The Bertz CT molecular complexity index is 615. The van der Waals surface area contributed by atoms with Crippen LogP contribution in [0.5, 0.6) is 0 Å². The molecule has 0 aromatic heterocycles. The summed E-state index contributed by atoms with van der Waals surface area (Å²) < 4.78 is 24.6. The van der Waals surface area contributed by atoms with Crippen molar-refractivity contribution >= 4 is 28.4 Å². The molecular formula is C14H13F2NOS. The zero-order chi connectivity index (χ0) is 14.0. The Labute approximate surface area is 114 Å². The first kappa shape index (κ1) is 13.8. The van der Waals surface area contributed by atoms with Crippen molar-refractivity contribution in [1.82, 2.24) is 0 Å². The molecule has 0 aliphatic heterocycles. The minimum atomic E-state index is -2.42. The van der Waals surface area contributed by atoms with Gasteiger partial charge >= 0.3 is 0 Å². The number of rotatable bonds is 4. The van der Waals surface area contributed by atoms with E-state index in [9.17, 15) is 13.6 Å². The van der Waals surface area contributed by atoms with Gasteiger partial charge in [-0.3, -0.25) is 4.79 Å². The van der Waals surface area contributed by atoms with E-state index in [0.29, 0.717) is 16.7 Å². The highest BCUT2D eigenvalue weighted by Gasteiger charge is 2.12. The molecule has 2 aromatic carbocycles. The smallest absolute Gasteiger partial charge is 0.288 e. The first-order valence-electron chi connectivity index (χ1n) is 5.75. The lowest BCUT2D eigenvalue weighted by atomic mass is 9.97. The maximum Gasteiger partial charge on any atom is 0.288 e. The molecule has 2 nitrogen and oxygen atoms in total. The maximum atomic E-state index is 12.3. The van der Waals surface area contributed by atoms with Crippen LogP contribution in [0.1, 0.15) is 18.4 Å². The summed E-state index contributed by atoms with van der Waals surface area (Å²) >= 11 is 0.521. The standard InChI is InChI=1S/C14H13F2NOS/c1-8(13(17)18)9-2-3-11-7-12(19-14(15)16)5-4-10(11)6-9/h2-8,14H,1H3,(H2,17,18). The van der Waals surface area contributed by atoms with Gasteiger partial charge in [-0.05, 0) is 35.4 Å². The summed E-state index contributed by atoms with van der Waals surface area (Å²) in [6, 6.07) is 10.6. The van der Waals surface area contributed by atoms with Crippen molar-refractivity contribution in [2.75, 3.05) is 0 Å². The molecule has 2 rings (SSSR count). The lowest BCUT2D eigenvalue weighted by molar-refractivity contribution is -0.119. The van der Waals surface area contributed by atoms with Gasteiger partial charge in [0.25, 0.3) is 5.76 Å². The third-order valence-electron chi connectivity index (χ3n) is 2.99. The van der Waals surface area contributed by atoms with Crippen LogP contribution in [0.25, 0.3) is 10.8 Å². The number of primary amides is 1. The number of fused-ring (bicyclic) bond motifs is 1. The summed E-state index contributed by atoms with van der Waals surface area (Å²) in [5, 5.41) is 1.77. The molecule has 1 unspecified atom stereocenters. The molecule has 19 heavy (non-hydrogen) atoms. The van der Waals surface area contributed by atoms with Crippen LogP contribution in [-0.2, 0) is 4.79 Å². The van der Waals surface area contributed by atoms with Crippen LogP contribution in [0, 0.1) is 0 Å². The summed E-state index contributed by atoms with van der Waals surface area (Å²) in [6.45, 7) is 1.74. The van der Waals surface area contributed by atoms with E-state index in [-0.39, 0.29) is 11.8 Å². The number of hydrogen-bond acceptors (Lipinski definition) is 2. The van der Waals surface area contributed by atoms with Gasteiger partial charge in [-0.15, -0.1) is 0 Å². The van der Waals surface area contributed by atoms with Gasteiger partial charge < -0.3 is 5.73 Å². The van der Waals surface area contributed by atoms with Crippen molar-refractivity contribution in [2.24, 2.45) is 5.73 Å². The van der Waals surface area contributed by atoms with Crippen LogP contribution in [0.4, 0.5) is 8.78 Å². The van der Waals surface area contributed by atoms with E-state index >= 15 is 0 Å². The molecule has 0 heterocycles. The molecule has 0 aliphatic carbocycles. The number of carbonyl (C=O) groups is 1. The van der Waals surface area contributed by atoms with Gasteiger partial charge in [0.2, 0.25) is 5.91 Å². The van der Waals surface area contributed by atoms with E-state index in [1.54, 1.807) is 31.2 Å². The highest BCUT2D eigenvalue weighted by atomic mass is 32.2. The van der Waals surface area contributed by atoms with Gasteiger partial charge in [0.1, 0.15) is 0 Å². The minimum absolute atomic E-state index is 0.362. The SMILES string of the molecule is CC(C(N)=O)c1ccc2cc(SC(F)F)ccc2c1. The van der Waals surface area contributed by atoms with E-state index in [1.165, 1.54) is 0 Å². The summed E-state index contributed by atoms with van der Waals surface area (Å²) in [4.78, 5) is 11.7. The summed E-state index contributed by atoms with van der Waals surface area (Å²) in [6.07, 6.45) is 0. The summed E-state index contributed by atoms with van der Waals surface area (Å²) in [7, 11) is 0. The second kappa shape index (κ2) is 5.57. The van der Waals surface area contributed by atoms with E-state index in [1.807, 2.05) is 12.1 Å². The quantitative estimate of drug-likeness (QED) is 0.867. The number of nitrogens with two attached hydrogens (primary N) is 1. The number of thioether (sulfide) groups is 1. The second-order valence-electron chi connectivity index (χ2n) is 4.27. The zero-order valence-corrected chi connectivity index (χ0v) is 11.1. The number of alkyl halides is 2. The number of amides is 1. The maximum absolute atomic E-state index is 12.3. The molecule has 5 heteroatoms. The van der Waals surface area contributed by atoms with Crippen LogP contribution in [0.2, 0.25) is 0 Å². The van der Waals surface area contributed by atoms with Crippen LogP contribution in [0.15, 0.2) is 41.3 Å². The Balaban J connectivity index is 2.37. The molecule has 2 N–H and O–H groups in total. The molecule has 0 aliphatic rings. The van der Waals surface area contributed by atoms with E-state index in [2.05, 4.69) is 0 Å². The largest absolute Gasteiger partial charge is 0.369 e. The molecular weight excluding hydrogens is 268 g/mol. The van der Waals surface area contributed by atoms with Crippen LogP contribution < -0.4 is 5.73 Å². The Morgan fingerprint density at radius 3 is 2.42 bits per heavy atom. The fourth-order valence-electron chi connectivity index (χ4n) is 1.85. The third kappa shape index (κ3) is 3.23. The van der Waals surface area contributed by atoms with Crippen molar-refractivity contribution in [3.63, 3.8) is 0 Å². The summed E-state index contributed by atoms with van der Waals surface area (Å²) in [5.74, 6) is -3.17. The second-order valence-corrected chi connectivity index (χ2v) is 5.33. The molecule has 2 aromatic rings. The fraction of sp³-hybridized carbons (Fsp3) is 0.214. The van der Waals surface area contributed by atoms with E-state index in [0.717, 1.165) is 16.3 Å². The summed E-state index contributed by atoms with van der Waals surface area (Å²) in [5.41, 5.74) is 6.09. The monoisotopic (exact) mass is 281 g/mol. The lowest BCUT2D eigenvalue weighted by Gasteiger charge is -2.09. The van der Waals surface area contributed by atoms with E-state index < -0.39 is 5.76 Å². The van der Waals surface area contributed by atoms with Crippen molar-refractivity contribution in [3.05, 3.63) is 42.0 Å². The van der Waals surface area contributed by atoms with Crippen molar-refractivity contribution in [2.45, 2.75) is 23.5 Å². The Morgan fingerprint density at radius 2 is 1.79 bits per heavy atom. The number of halogens is 2. The molecule has 1 atom stereocenters. The Kier molecular flexibility index (Phi) is 4.04. The van der Waals surface area contributed by atoms with Gasteiger partial charge in [-0.25, -0.2) is 0 Å². The van der Waals surface area contributed by atoms with Gasteiger partial charge in [0.15, 0.2) is 0 Å². The highest BCUT2D eigenvalue weighted by Crippen LogP contribution is 2.29. The fourth-order valence-corrected chi connectivity index (χ4v) is 2.40. The highest BCUT2D eigenvalue weighted by molar-refractivity contribution is 7.99. The average Bonchev–Trinajstić information content (AvgIpc) is 2.36. The van der Waals surface area contributed by atoms with Crippen LogP contribution in [0.3, 0.4) is 0 Å². The van der Waals surface area contributed by atoms with E-state index in [4.69, 9.17) is 5.73 Å². The van der Waals surface area contributed by atoms with Crippen LogP contribution in [-0.4, -0.2) is 11.7 Å². The first-order valence-corrected chi connectivity index (χ1v) is 6.63. The molecule has 0 saturated carbocycles. The predicted molar refractivity (Wildman–Crippen MR) is 73.4 cm³/mol. The minimum Gasteiger partial charge on any atom is -0.369 e. The topological polar surface area (TPSA) is 43.1 Å². The molecule has 0 saturated heterocycles. The van der Waals surface area contributed by atoms with Crippen LogP contribution >= 0.6 is 11.8 Å². The van der Waals surface area contributed by atoms with Crippen molar-refractivity contribution < 1.29 is 13.6 Å². The Hall–Kier alpha value is -1.62. The van der Waals surface area contributed by atoms with Gasteiger partial charge in [0, 0.05) is 4.90 Å². The Morgan fingerprint density at radius 1 is 1.16 bits per heavy atom. The molecule has 0 radical (unpaired) electrons. The molecule has 1 amide bonds. The van der Waals surface area contributed by atoms with Gasteiger partial charge in [-0.1, -0.05) is 36.0 Å². The number of hydrogen-bond donors (Lipinski definition) is 1. The van der Waals surface area contributed by atoms with Crippen molar-refractivity contribution in [3.8, 4) is 0 Å². The van der Waals surface area contributed by atoms with Crippen molar-refractivity contribution in [1.29, 1.82) is 0 Å². The number of carbonyl (C=O) groups excluding carboxylic acids is 1. The normalized spacial score (nSPS) is 12.8. The first-order chi connectivity index (χ1) is 8.97. The predicted octanol–water partition coefficient (Wildman–Crippen LogP) is 3.74. The van der Waals surface area contributed by atoms with Gasteiger partial charge in [0.05, 0.1) is 5.92 Å². The molecule has 100 valence electrons. The zero-order valence-electron chi connectivity index (χ0n) is 10.3. The average molecular weight is 281 g/mol. The molecule has 0 spiro atoms. The molecule has 0 bridgehead atoms. The lowest BCUT2D eigenvalue weighted by Crippen LogP contribution is -2.18. The third-order valence-corrected chi connectivity index (χ3v) is 3.69.